The van der Waals surface area contributed by atoms with Crippen molar-refractivity contribution in [2.75, 3.05) is 4.90 Å². The van der Waals surface area contributed by atoms with Crippen LogP contribution in [0.1, 0.15) is 0 Å². The number of rotatable bonds is 7. The summed E-state index contributed by atoms with van der Waals surface area (Å²) < 4.78 is 8.82. The Balaban J connectivity index is 1.00. The number of fused-ring (bicyclic) bond motifs is 6. The van der Waals surface area contributed by atoms with Gasteiger partial charge < -0.3 is 13.9 Å². The fourth-order valence-electron chi connectivity index (χ4n) is 8.53. The zero-order valence-corrected chi connectivity index (χ0v) is 31.1. The van der Waals surface area contributed by atoms with Crippen LogP contribution in [0.15, 0.2) is 223 Å². The van der Waals surface area contributed by atoms with Crippen LogP contribution in [-0.2, 0) is 0 Å². The lowest BCUT2D eigenvalue weighted by atomic mass is 10.0. The third-order valence-corrected chi connectivity index (χ3v) is 11.2. The molecule has 0 unspecified atom stereocenters. The first-order chi connectivity index (χ1) is 28.3. The highest BCUT2D eigenvalue weighted by molar-refractivity contribution is 6.10. The Hall–Kier alpha value is -7.62. The van der Waals surface area contributed by atoms with Gasteiger partial charge in [-0.2, -0.15) is 0 Å². The van der Waals surface area contributed by atoms with Crippen LogP contribution in [0, 0.1) is 0 Å². The smallest absolute Gasteiger partial charge is 0.143 e. The molecule has 268 valence electrons. The standard InChI is InChI=1S/C54H36N2O/c1-2-13-37(14-3-1)38-25-31-41(32-26-38)55(43-35-29-40(30-36-43)45-19-12-20-49-48-18-7-11-24-53(48)57-54(45)49)42-33-27-39(28-34-42)44-15-4-8-21-50(44)56-51-22-9-5-16-46(51)47-17-6-10-23-52(47)56/h1-36H. The molecule has 0 fully saturated rings. The van der Waals surface area contributed by atoms with Gasteiger partial charge in [-0.15, -0.1) is 0 Å². The average molecular weight is 729 g/mol. The van der Waals surface area contributed by atoms with Gasteiger partial charge in [-0.25, -0.2) is 0 Å². The van der Waals surface area contributed by atoms with Crippen LogP contribution >= 0.6 is 0 Å². The summed E-state index contributed by atoms with van der Waals surface area (Å²) in [6, 6.07) is 78.0. The van der Waals surface area contributed by atoms with Crippen LogP contribution in [0.2, 0.25) is 0 Å². The van der Waals surface area contributed by atoms with E-state index >= 15 is 0 Å². The molecule has 0 aliphatic carbocycles. The van der Waals surface area contributed by atoms with Crippen molar-refractivity contribution in [3.8, 4) is 39.1 Å². The summed E-state index contributed by atoms with van der Waals surface area (Å²) in [6.07, 6.45) is 0. The average Bonchev–Trinajstić information content (AvgIpc) is 3.84. The Morgan fingerprint density at radius 1 is 0.316 bits per heavy atom. The van der Waals surface area contributed by atoms with Crippen LogP contribution in [0.3, 0.4) is 0 Å². The van der Waals surface area contributed by atoms with E-state index in [0.717, 1.165) is 61.4 Å². The normalized spacial score (nSPS) is 11.5. The number of furan rings is 1. The van der Waals surface area contributed by atoms with Gasteiger partial charge in [0, 0.05) is 49.7 Å². The van der Waals surface area contributed by atoms with Gasteiger partial charge >= 0.3 is 0 Å². The van der Waals surface area contributed by atoms with Crippen molar-refractivity contribution in [2.24, 2.45) is 0 Å². The molecular formula is C54H36N2O. The summed E-state index contributed by atoms with van der Waals surface area (Å²) in [7, 11) is 0. The molecule has 0 atom stereocenters. The summed E-state index contributed by atoms with van der Waals surface area (Å²) in [6.45, 7) is 0. The first kappa shape index (κ1) is 32.8. The van der Waals surface area contributed by atoms with Crippen LogP contribution in [-0.4, -0.2) is 4.57 Å². The van der Waals surface area contributed by atoms with Crippen molar-refractivity contribution in [3.05, 3.63) is 218 Å². The van der Waals surface area contributed by atoms with Crippen LogP contribution in [0.25, 0.3) is 82.8 Å². The maximum atomic E-state index is 6.41. The van der Waals surface area contributed by atoms with Crippen molar-refractivity contribution in [1.82, 2.24) is 4.57 Å². The van der Waals surface area contributed by atoms with E-state index in [4.69, 9.17) is 4.42 Å². The second kappa shape index (κ2) is 13.6. The Morgan fingerprint density at radius 3 is 1.42 bits per heavy atom. The fourth-order valence-corrected chi connectivity index (χ4v) is 8.53. The molecule has 57 heavy (non-hydrogen) atoms. The number of benzene rings is 9. The maximum absolute atomic E-state index is 6.41. The Bertz CT molecular complexity index is 3160. The fraction of sp³-hybridized carbons (Fsp3) is 0. The van der Waals surface area contributed by atoms with Crippen molar-refractivity contribution >= 4 is 60.8 Å². The molecule has 2 heterocycles. The number of nitrogens with zero attached hydrogens (tertiary/aromatic N) is 2. The second-order valence-electron chi connectivity index (χ2n) is 14.5. The molecule has 0 saturated carbocycles. The molecule has 2 aromatic heterocycles. The monoisotopic (exact) mass is 728 g/mol. The van der Waals surface area contributed by atoms with E-state index in [0.29, 0.717) is 0 Å². The van der Waals surface area contributed by atoms with E-state index in [9.17, 15) is 0 Å². The molecule has 0 spiro atoms. The van der Waals surface area contributed by atoms with E-state index in [1.165, 1.54) is 38.5 Å². The summed E-state index contributed by atoms with van der Waals surface area (Å²) in [5, 5.41) is 4.78. The molecule has 0 N–H and O–H groups in total. The molecule has 3 nitrogen and oxygen atoms in total. The zero-order chi connectivity index (χ0) is 37.7. The highest BCUT2D eigenvalue weighted by Crippen LogP contribution is 2.41. The molecule has 11 rings (SSSR count). The predicted octanol–water partition coefficient (Wildman–Crippen LogP) is 15.2. The quantitative estimate of drug-likeness (QED) is 0.163. The van der Waals surface area contributed by atoms with E-state index < -0.39 is 0 Å². The minimum absolute atomic E-state index is 0.905. The third-order valence-electron chi connectivity index (χ3n) is 11.2. The van der Waals surface area contributed by atoms with E-state index in [-0.39, 0.29) is 0 Å². The summed E-state index contributed by atoms with van der Waals surface area (Å²) >= 11 is 0. The van der Waals surface area contributed by atoms with Gasteiger partial charge in [0.05, 0.1) is 16.7 Å². The van der Waals surface area contributed by atoms with Gasteiger partial charge in [0.25, 0.3) is 0 Å². The van der Waals surface area contributed by atoms with Gasteiger partial charge in [0.15, 0.2) is 0 Å². The Morgan fingerprint density at radius 2 is 0.772 bits per heavy atom. The molecule has 3 heteroatoms. The van der Waals surface area contributed by atoms with Crippen molar-refractivity contribution in [1.29, 1.82) is 0 Å². The van der Waals surface area contributed by atoms with Crippen molar-refractivity contribution < 1.29 is 4.42 Å². The summed E-state index contributed by atoms with van der Waals surface area (Å²) in [5.74, 6) is 0. The van der Waals surface area contributed by atoms with Crippen LogP contribution in [0.4, 0.5) is 17.1 Å². The summed E-state index contributed by atoms with van der Waals surface area (Å²) in [5.41, 5.74) is 15.5. The lowest BCUT2D eigenvalue weighted by Crippen LogP contribution is -2.09. The molecular weight excluding hydrogens is 693 g/mol. The molecule has 0 saturated heterocycles. The number of anilines is 3. The van der Waals surface area contributed by atoms with Crippen LogP contribution in [0.5, 0.6) is 0 Å². The van der Waals surface area contributed by atoms with Gasteiger partial charge in [0.1, 0.15) is 11.2 Å². The minimum Gasteiger partial charge on any atom is -0.455 e. The molecule has 11 aromatic rings. The molecule has 0 radical (unpaired) electrons. The van der Waals surface area contributed by atoms with Crippen molar-refractivity contribution in [2.45, 2.75) is 0 Å². The van der Waals surface area contributed by atoms with E-state index in [1.54, 1.807) is 0 Å². The third kappa shape index (κ3) is 5.60. The number of aromatic nitrogens is 1. The Kier molecular flexibility index (Phi) is 7.82. The molecule has 9 aromatic carbocycles. The molecule has 0 aliphatic heterocycles. The SMILES string of the molecule is c1ccc(-c2ccc(N(c3ccc(-c4ccccc4-n4c5ccccc5c5ccccc54)cc3)c3ccc(-c4cccc5c4oc4ccccc45)cc3)cc2)cc1. The highest BCUT2D eigenvalue weighted by atomic mass is 16.3. The lowest BCUT2D eigenvalue weighted by molar-refractivity contribution is 0.670. The molecule has 0 amide bonds. The van der Waals surface area contributed by atoms with Crippen LogP contribution < -0.4 is 4.90 Å². The van der Waals surface area contributed by atoms with Gasteiger partial charge in [-0.1, -0.05) is 158 Å². The van der Waals surface area contributed by atoms with Crippen molar-refractivity contribution in [3.63, 3.8) is 0 Å². The first-order valence-corrected chi connectivity index (χ1v) is 19.4. The predicted molar refractivity (Wildman–Crippen MR) is 239 cm³/mol. The van der Waals surface area contributed by atoms with Gasteiger partial charge in [0.2, 0.25) is 0 Å². The Labute approximate surface area is 330 Å². The second-order valence-corrected chi connectivity index (χ2v) is 14.5. The number of hydrogen-bond acceptors (Lipinski definition) is 2. The molecule has 0 bridgehead atoms. The number of hydrogen-bond donors (Lipinski definition) is 0. The lowest BCUT2D eigenvalue weighted by Gasteiger charge is -2.26. The first-order valence-electron chi connectivity index (χ1n) is 19.4. The topological polar surface area (TPSA) is 21.3 Å². The van der Waals surface area contributed by atoms with E-state index in [1.807, 2.05) is 12.1 Å². The van der Waals surface area contributed by atoms with E-state index in [2.05, 4.69) is 216 Å². The zero-order valence-electron chi connectivity index (χ0n) is 31.1. The molecule has 0 aliphatic rings. The largest absolute Gasteiger partial charge is 0.455 e. The van der Waals surface area contributed by atoms with Gasteiger partial charge in [-0.3, -0.25) is 0 Å². The van der Waals surface area contributed by atoms with Gasteiger partial charge in [-0.05, 0) is 82.9 Å². The number of para-hydroxylation sites is 5. The highest BCUT2D eigenvalue weighted by Gasteiger charge is 2.18. The summed E-state index contributed by atoms with van der Waals surface area (Å²) in [4.78, 5) is 2.34. The minimum atomic E-state index is 0.905. The maximum Gasteiger partial charge on any atom is 0.143 e.